The maximum Gasteiger partial charge on any atom is 0.416 e. The zero-order valence-corrected chi connectivity index (χ0v) is 13.3. The van der Waals surface area contributed by atoms with Crippen molar-refractivity contribution >= 4 is 0 Å². The molecule has 0 fully saturated rings. The van der Waals surface area contributed by atoms with Crippen molar-refractivity contribution < 1.29 is 22.2 Å². The lowest BCUT2D eigenvalue weighted by Crippen LogP contribution is -2.17. The summed E-state index contributed by atoms with van der Waals surface area (Å²) in [5.74, 6) is 0.720. The molecule has 1 aromatic carbocycles. The molecular formula is C16H15F3N4O2. The zero-order valence-electron chi connectivity index (χ0n) is 13.3. The van der Waals surface area contributed by atoms with Crippen LogP contribution in [0.25, 0.3) is 0 Å². The highest BCUT2D eigenvalue weighted by molar-refractivity contribution is 5.27. The Morgan fingerprint density at radius 1 is 1.12 bits per heavy atom. The van der Waals surface area contributed by atoms with Gasteiger partial charge in [0, 0.05) is 19.0 Å². The van der Waals surface area contributed by atoms with Gasteiger partial charge in [-0.2, -0.15) is 18.2 Å². The van der Waals surface area contributed by atoms with Crippen molar-refractivity contribution in [3.8, 4) is 0 Å². The number of hydrogen-bond donors (Lipinski definition) is 0. The van der Waals surface area contributed by atoms with Crippen LogP contribution in [0.1, 0.15) is 28.5 Å². The van der Waals surface area contributed by atoms with E-state index in [1.165, 1.54) is 12.3 Å². The standard InChI is InChI=1S/C16H15F3N4O2/c1-23(9-13-5-6-24-21-13)10-15-20-14(22-25-15)8-11-3-2-4-12(7-11)16(17,18)19/h2-7H,8-10H2,1H3. The number of nitrogens with zero attached hydrogens (tertiary/aromatic N) is 4. The Balaban J connectivity index is 1.62. The number of hydrogen-bond acceptors (Lipinski definition) is 6. The fourth-order valence-corrected chi connectivity index (χ4v) is 2.35. The van der Waals surface area contributed by atoms with Gasteiger partial charge in [0.15, 0.2) is 5.82 Å². The summed E-state index contributed by atoms with van der Waals surface area (Å²) >= 11 is 0. The highest BCUT2D eigenvalue weighted by Gasteiger charge is 2.30. The quantitative estimate of drug-likeness (QED) is 0.678. The van der Waals surface area contributed by atoms with Gasteiger partial charge in [-0.1, -0.05) is 28.5 Å². The summed E-state index contributed by atoms with van der Waals surface area (Å²) in [7, 11) is 1.85. The summed E-state index contributed by atoms with van der Waals surface area (Å²) in [6, 6.07) is 6.84. The summed E-state index contributed by atoms with van der Waals surface area (Å²) in [6.45, 7) is 0.935. The fraction of sp³-hybridized carbons (Fsp3) is 0.312. The van der Waals surface area contributed by atoms with Gasteiger partial charge in [0.1, 0.15) is 6.26 Å². The van der Waals surface area contributed by atoms with Crippen LogP contribution >= 0.6 is 0 Å². The maximum atomic E-state index is 12.7. The van der Waals surface area contributed by atoms with Crippen LogP contribution < -0.4 is 0 Å². The normalized spacial score (nSPS) is 12.0. The first-order valence-corrected chi connectivity index (χ1v) is 7.45. The van der Waals surface area contributed by atoms with Crippen molar-refractivity contribution in [1.82, 2.24) is 20.2 Å². The van der Waals surface area contributed by atoms with E-state index in [9.17, 15) is 13.2 Å². The zero-order chi connectivity index (χ0) is 17.9. The second kappa shape index (κ2) is 7.06. The molecule has 2 aromatic heterocycles. The van der Waals surface area contributed by atoms with Crippen LogP contribution in [0.2, 0.25) is 0 Å². The molecule has 0 N–H and O–H groups in total. The minimum absolute atomic E-state index is 0.167. The van der Waals surface area contributed by atoms with Crippen molar-refractivity contribution in [1.29, 1.82) is 0 Å². The van der Waals surface area contributed by atoms with Crippen LogP contribution in [0.3, 0.4) is 0 Å². The predicted octanol–water partition coefficient (Wildman–Crippen LogP) is 3.30. The number of benzene rings is 1. The monoisotopic (exact) mass is 352 g/mol. The summed E-state index contributed by atoms with van der Waals surface area (Å²) in [5.41, 5.74) is 0.547. The minimum atomic E-state index is -4.37. The Morgan fingerprint density at radius 2 is 1.96 bits per heavy atom. The summed E-state index contributed by atoms with van der Waals surface area (Å²) in [5, 5.41) is 7.64. The molecule has 0 radical (unpaired) electrons. The Kier molecular flexibility index (Phi) is 4.84. The average Bonchev–Trinajstić information content (AvgIpc) is 3.19. The van der Waals surface area contributed by atoms with Gasteiger partial charge in [-0.25, -0.2) is 0 Å². The van der Waals surface area contributed by atoms with Gasteiger partial charge in [-0.05, 0) is 18.7 Å². The number of halogens is 3. The molecule has 0 aliphatic heterocycles. The molecule has 3 rings (SSSR count). The van der Waals surface area contributed by atoms with Gasteiger partial charge >= 0.3 is 6.18 Å². The second-order valence-corrected chi connectivity index (χ2v) is 5.64. The van der Waals surface area contributed by atoms with Crippen LogP contribution in [0.5, 0.6) is 0 Å². The van der Waals surface area contributed by atoms with Crippen molar-refractivity contribution in [3.63, 3.8) is 0 Å². The third-order valence-corrected chi connectivity index (χ3v) is 3.46. The van der Waals surface area contributed by atoms with E-state index >= 15 is 0 Å². The number of rotatable bonds is 6. The smallest absolute Gasteiger partial charge is 0.364 e. The van der Waals surface area contributed by atoms with Crippen LogP contribution in [0.15, 0.2) is 45.6 Å². The highest BCUT2D eigenvalue weighted by atomic mass is 19.4. The van der Waals surface area contributed by atoms with E-state index < -0.39 is 11.7 Å². The van der Waals surface area contributed by atoms with Crippen molar-refractivity contribution in [3.05, 3.63) is 65.1 Å². The van der Waals surface area contributed by atoms with Gasteiger partial charge in [0.2, 0.25) is 5.89 Å². The molecular weight excluding hydrogens is 337 g/mol. The van der Waals surface area contributed by atoms with Gasteiger partial charge in [-0.15, -0.1) is 0 Å². The van der Waals surface area contributed by atoms with Crippen molar-refractivity contribution in [2.75, 3.05) is 7.05 Å². The lowest BCUT2D eigenvalue weighted by Gasteiger charge is -2.11. The van der Waals surface area contributed by atoms with E-state index in [2.05, 4.69) is 15.3 Å². The Bertz CT molecular complexity index is 815. The van der Waals surface area contributed by atoms with Gasteiger partial charge in [-0.3, -0.25) is 4.90 Å². The largest absolute Gasteiger partial charge is 0.416 e. The molecule has 0 amide bonds. The van der Waals surface area contributed by atoms with Gasteiger partial charge in [0.25, 0.3) is 0 Å². The predicted molar refractivity (Wildman–Crippen MR) is 80.2 cm³/mol. The first-order chi connectivity index (χ1) is 11.9. The number of aromatic nitrogens is 3. The van der Waals surface area contributed by atoms with Gasteiger partial charge in [0.05, 0.1) is 17.8 Å². The molecule has 0 aliphatic carbocycles. The van der Waals surface area contributed by atoms with Crippen LogP contribution in [-0.2, 0) is 25.7 Å². The molecule has 0 bridgehead atoms. The third-order valence-electron chi connectivity index (χ3n) is 3.46. The molecule has 0 unspecified atom stereocenters. The summed E-state index contributed by atoms with van der Waals surface area (Å²) in [4.78, 5) is 6.12. The van der Waals surface area contributed by atoms with Crippen LogP contribution in [0.4, 0.5) is 13.2 Å². The first kappa shape index (κ1) is 17.2. The fourth-order valence-electron chi connectivity index (χ4n) is 2.35. The molecule has 0 spiro atoms. The Morgan fingerprint density at radius 3 is 2.68 bits per heavy atom. The third kappa shape index (κ3) is 4.66. The van der Waals surface area contributed by atoms with E-state index in [-0.39, 0.29) is 6.42 Å². The molecule has 25 heavy (non-hydrogen) atoms. The van der Waals surface area contributed by atoms with Gasteiger partial charge < -0.3 is 9.05 Å². The first-order valence-electron chi connectivity index (χ1n) is 7.45. The maximum absolute atomic E-state index is 12.7. The average molecular weight is 352 g/mol. The van der Waals surface area contributed by atoms with E-state index in [4.69, 9.17) is 9.05 Å². The second-order valence-electron chi connectivity index (χ2n) is 5.64. The Hall–Kier alpha value is -2.68. The molecule has 0 saturated carbocycles. The minimum Gasteiger partial charge on any atom is -0.364 e. The topological polar surface area (TPSA) is 68.2 Å². The highest BCUT2D eigenvalue weighted by Crippen LogP contribution is 2.29. The van der Waals surface area contributed by atoms with E-state index in [0.717, 1.165) is 17.8 Å². The van der Waals surface area contributed by atoms with E-state index in [1.54, 1.807) is 12.1 Å². The van der Waals surface area contributed by atoms with Crippen molar-refractivity contribution in [2.45, 2.75) is 25.7 Å². The number of alkyl halides is 3. The van der Waals surface area contributed by atoms with E-state index in [0.29, 0.717) is 30.4 Å². The molecule has 9 heteroatoms. The molecule has 0 saturated heterocycles. The molecule has 6 nitrogen and oxygen atoms in total. The van der Waals surface area contributed by atoms with Crippen molar-refractivity contribution in [2.24, 2.45) is 0 Å². The molecule has 0 aliphatic rings. The Labute approximate surface area is 141 Å². The molecule has 2 heterocycles. The molecule has 3 aromatic rings. The van der Waals surface area contributed by atoms with Crippen LogP contribution in [0, 0.1) is 0 Å². The summed E-state index contributed by atoms with van der Waals surface area (Å²) in [6.07, 6.45) is -2.72. The molecule has 132 valence electrons. The lowest BCUT2D eigenvalue weighted by atomic mass is 10.1. The van der Waals surface area contributed by atoms with E-state index in [1.807, 2.05) is 11.9 Å². The SMILES string of the molecule is CN(Cc1ccon1)Cc1nc(Cc2cccc(C(F)(F)F)c2)no1. The molecule has 0 atom stereocenters. The van der Waals surface area contributed by atoms with Crippen LogP contribution in [-0.4, -0.2) is 27.2 Å². The lowest BCUT2D eigenvalue weighted by molar-refractivity contribution is -0.137. The summed E-state index contributed by atoms with van der Waals surface area (Å²) < 4.78 is 48.1.